The summed E-state index contributed by atoms with van der Waals surface area (Å²) in [6.45, 7) is 0.695. The minimum absolute atomic E-state index is 0.348. The van der Waals surface area contributed by atoms with Gasteiger partial charge in [-0.05, 0) is 47.5 Å². The minimum Gasteiger partial charge on any atom is -0.380 e. The number of alkyl halides is 6. The fourth-order valence-corrected chi connectivity index (χ4v) is 3.63. The molecule has 0 amide bonds. The second-order valence-corrected chi connectivity index (χ2v) is 7.80. The molecule has 0 bridgehead atoms. The molecule has 2 nitrogen and oxygen atoms in total. The second kappa shape index (κ2) is 9.29. The molecule has 0 aliphatic rings. The van der Waals surface area contributed by atoms with Crippen LogP contribution in [0.4, 0.5) is 37.7 Å². The third-order valence-electron chi connectivity index (χ3n) is 5.45. The van der Waals surface area contributed by atoms with Crippen LogP contribution in [-0.2, 0) is 25.4 Å². The van der Waals surface area contributed by atoms with Gasteiger partial charge >= 0.3 is 12.4 Å². The van der Waals surface area contributed by atoms with E-state index in [0.29, 0.717) is 24.2 Å². The van der Waals surface area contributed by atoms with Gasteiger partial charge in [0.25, 0.3) is 0 Å². The van der Waals surface area contributed by atoms with Crippen LogP contribution in [0.3, 0.4) is 0 Å². The Hall–Kier alpha value is -3.68. The highest BCUT2D eigenvalue weighted by molar-refractivity contribution is 6.01. The fraction of sp³-hybridized carbons (Fsp3) is 0.154. The van der Waals surface area contributed by atoms with Crippen LogP contribution >= 0.6 is 0 Å². The lowest BCUT2D eigenvalue weighted by molar-refractivity contribution is -0.138. The molecule has 34 heavy (non-hydrogen) atoms. The Labute approximate surface area is 192 Å². The summed E-state index contributed by atoms with van der Waals surface area (Å²) in [5.41, 5.74) is 1.67. The maximum Gasteiger partial charge on any atom is 0.416 e. The van der Waals surface area contributed by atoms with Crippen molar-refractivity contribution < 1.29 is 26.3 Å². The first-order valence-corrected chi connectivity index (χ1v) is 10.4. The lowest BCUT2D eigenvalue weighted by Gasteiger charge is -2.15. The highest BCUT2D eigenvalue weighted by Crippen LogP contribution is 2.32. The minimum atomic E-state index is -4.37. The highest BCUT2D eigenvalue weighted by Gasteiger charge is 2.30. The van der Waals surface area contributed by atoms with Gasteiger partial charge in [-0.3, -0.25) is 0 Å². The zero-order valence-electron chi connectivity index (χ0n) is 17.8. The van der Waals surface area contributed by atoms with Crippen molar-refractivity contribution in [1.29, 1.82) is 0 Å². The van der Waals surface area contributed by atoms with Crippen LogP contribution in [0.1, 0.15) is 22.3 Å². The molecule has 4 aromatic carbocycles. The average molecular weight is 474 g/mol. The Morgan fingerprint density at radius 1 is 0.471 bits per heavy atom. The van der Waals surface area contributed by atoms with Gasteiger partial charge in [-0.15, -0.1) is 0 Å². The summed E-state index contributed by atoms with van der Waals surface area (Å²) < 4.78 is 76.5. The Balaban J connectivity index is 1.48. The number of nitrogens with one attached hydrogen (secondary N) is 2. The van der Waals surface area contributed by atoms with Crippen LogP contribution in [0.5, 0.6) is 0 Å². The van der Waals surface area contributed by atoms with Gasteiger partial charge in [-0.25, -0.2) is 0 Å². The van der Waals surface area contributed by atoms with E-state index in [1.807, 2.05) is 36.4 Å². The average Bonchev–Trinajstić information content (AvgIpc) is 2.81. The van der Waals surface area contributed by atoms with Crippen LogP contribution < -0.4 is 10.6 Å². The standard InChI is InChI=1S/C26H20F6N2/c27-25(28,29)19-9-5-17(6-10-19)15-33-23-13-14-24(22-4-2-1-3-21(22)23)34-16-18-7-11-20(12-8-18)26(30,31)32/h1-14,33-34H,15-16H2. The molecule has 0 radical (unpaired) electrons. The number of anilines is 2. The van der Waals surface area contributed by atoms with E-state index in [2.05, 4.69) is 10.6 Å². The van der Waals surface area contributed by atoms with Gasteiger partial charge in [0.05, 0.1) is 11.1 Å². The van der Waals surface area contributed by atoms with E-state index in [4.69, 9.17) is 0 Å². The Morgan fingerprint density at radius 3 is 1.15 bits per heavy atom. The Kier molecular flexibility index (Phi) is 6.41. The van der Waals surface area contributed by atoms with Gasteiger partial charge in [0.15, 0.2) is 0 Å². The number of hydrogen-bond donors (Lipinski definition) is 2. The highest BCUT2D eigenvalue weighted by atomic mass is 19.4. The van der Waals surface area contributed by atoms with Crippen LogP contribution in [0, 0.1) is 0 Å². The van der Waals surface area contributed by atoms with Crippen molar-refractivity contribution in [3.05, 3.63) is 107 Å². The van der Waals surface area contributed by atoms with Crippen molar-refractivity contribution in [3.8, 4) is 0 Å². The zero-order valence-corrected chi connectivity index (χ0v) is 17.8. The first-order valence-electron chi connectivity index (χ1n) is 10.4. The number of fused-ring (bicyclic) bond motifs is 1. The van der Waals surface area contributed by atoms with E-state index in [0.717, 1.165) is 46.4 Å². The largest absolute Gasteiger partial charge is 0.416 e. The van der Waals surface area contributed by atoms with Gasteiger partial charge in [-0.1, -0.05) is 48.5 Å². The molecular weight excluding hydrogens is 454 g/mol. The summed E-state index contributed by atoms with van der Waals surface area (Å²) in [6, 6.07) is 21.3. The number of halogens is 6. The molecule has 4 aromatic rings. The molecule has 8 heteroatoms. The summed E-state index contributed by atoms with van der Waals surface area (Å²) in [7, 11) is 0. The fourth-order valence-electron chi connectivity index (χ4n) is 3.63. The van der Waals surface area contributed by atoms with Crippen molar-refractivity contribution in [2.24, 2.45) is 0 Å². The summed E-state index contributed by atoms with van der Waals surface area (Å²) >= 11 is 0. The summed E-state index contributed by atoms with van der Waals surface area (Å²) in [4.78, 5) is 0. The van der Waals surface area contributed by atoms with Crippen molar-refractivity contribution in [3.63, 3.8) is 0 Å². The van der Waals surface area contributed by atoms with E-state index in [9.17, 15) is 26.3 Å². The van der Waals surface area contributed by atoms with Gasteiger partial charge in [0, 0.05) is 35.2 Å². The maximum atomic E-state index is 12.8. The summed E-state index contributed by atoms with van der Waals surface area (Å²) in [6.07, 6.45) is -8.74. The molecule has 176 valence electrons. The number of rotatable bonds is 6. The molecule has 4 rings (SSSR count). The monoisotopic (exact) mass is 474 g/mol. The molecule has 0 heterocycles. The van der Waals surface area contributed by atoms with E-state index in [-0.39, 0.29) is 0 Å². The van der Waals surface area contributed by atoms with Crippen LogP contribution in [0.2, 0.25) is 0 Å². The number of benzene rings is 4. The third-order valence-corrected chi connectivity index (χ3v) is 5.45. The first kappa shape index (κ1) is 23.5. The van der Waals surface area contributed by atoms with Gasteiger partial charge in [-0.2, -0.15) is 26.3 Å². The quantitative estimate of drug-likeness (QED) is 0.276. The smallest absolute Gasteiger partial charge is 0.380 e. The van der Waals surface area contributed by atoms with Crippen molar-refractivity contribution in [2.45, 2.75) is 25.4 Å². The normalized spacial score (nSPS) is 12.1. The first-order chi connectivity index (χ1) is 16.1. The van der Waals surface area contributed by atoms with Crippen LogP contribution in [0.15, 0.2) is 84.9 Å². The summed E-state index contributed by atoms with van der Waals surface area (Å²) in [5.74, 6) is 0. The van der Waals surface area contributed by atoms with Crippen LogP contribution in [0.25, 0.3) is 10.8 Å². The van der Waals surface area contributed by atoms with Gasteiger partial charge in [0.1, 0.15) is 0 Å². The molecule has 0 fully saturated rings. The molecule has 0 aromatic heterocycles. The van der Waals surface area contributed by atoms with Gasteiger partial charge in [0.2, 0.25) is 0 Å². The Bertz CT molecular complexity index is 1160. The van der Waals surface area contributed by atoms with Crippen LogP contribution in [-0.4, -0.2) is 0 Å². The molecule has 0 saturated carbocycles. The van der Waals surface area contributed by atoms with Crippen molar-refractivity contribution in [2.75, 3.05) is 10.6 Å². The van der Waals surface area contributed by atoms with E-state index in [1.54, 1.807) is 0 Å². The van der Waals surface area contributed by atoms with E-state index < -0.39 is 23.5 Å². The Morgan fingerprint density at radius 2 is 0.824 bits per heavy atom. The molecule has 0 atom stereocenters. The lowest BCUT2D eigenvalue weighted by atomic mass is 10.1. The predicted molar refractivity (Wildman–Crippen MR) is 121 cm³/mol. The second-order valence-electron chi connectivity index (χ2n) is 7.80. The number of hydrogen-bond acceptors (Lipinski definition) is 2. The SMILES string of the molecule is FC(F)(F)c1ccc(CNc2ccc(NCc3ccc(C(F)(F)F)cc3)c3ccccc23)cc1. The molecule has 2 N–H and O–H groups in total. The van der Waals surface area contributed by atoms with E-state index >= 15 is 0 Å². The molecule has 0 unspecified atom stereocenters. The zero-order chi connectivity index (χ0) is 24.3. The molecule has 0 saturated heterocycles. The van der Waals surface area contributed by atoms with E-state index in [1.165, 1.54) is 24.3 Å². The topological polar surface area (TPSA) is 24.1 Å². The maximum absolute atomic E-state index is 12.8. The summed E-state index contributed by atoms with van der Waals surface area (Å²) in [5, 5.41) is 8.35. The van der Waals surface area contributed by atoms with Crippen molar-refractivity contribution >= 4 is 22.1 Å². The lowest BCUT2D eigenvalue weighted by Crippen LogP contribution is -2.06. The molecule has 0 spiro atoms. The molecule has 0 aliphatic carbocycles. The third kappa shape index (κ3) is 5.44. The molecule has 0 aliphatic heterocycles. The predicted octanol–water partition coefficient (Wildman–Crippen LogP) is 8.10. The molecular formula is C26H20F6N2. The van der Waals surface area contributed by atoms with Gasteiger partial charge < -0.3 is 10.6 Å². The van der Waals surface area contributed by atoms with Crippen molar-refractivity contribution in [1.82, 2.24) is 0 Å².